The van der Waals surface area contributed by atoms with Crippen LogP contribution >= 0.6 is 0 Å². The lowest BCUT2D eigenvalue weighted by atomic mass is 9.95. The van der Waals surface area contributed by atoms with E-state index >= 15 is 0 Å². The van der Waals surface area contributed by atoms with Crippen LogP contribution in [0.5, 0.6) is 0 Å². The Balaban J connectivity index is 2.36. The van der Waals surface area contributed by atoms with Gasteiger partial charge in [0.25, 0.3) is 0 Å². The fraction of sp³-hybridized carbons (Fsp3) is 0.889. The molecule has 1 rings (SSSR count). The van der Waals surface area contributed by atoms with Crippen molar-refractivity contribution in [3.8, 4) is 0 Å². The first-order valence-electron chi connectivity index (χ1n) is 4.58. The monoisotopic (exact) mass is 170 g/mol. The fourth-order valence-corrected chi connectivity index (χ4v) is 1.03. The predicted octanol–water partition coefficient (Wildman–Crippen LogP) is 1.95. The molecule has 1 heterocycles. The summed E-state index contributed by atoms with van der Waals surface area (Å²) in [6.07, 6.45) is 1.06. The largest absolute Gasteiger partial charge is 0.391 e. The van der Waals surface area contributed by atoms with Gasteiger partial charge in [0.2, 0.25) is 5.90 Å². The molecule has 3 heteroatoms. The van der Waals surface area contributed by atoms with Crippen molar-refractivity contribution < 1.29 is 4.84 Å². The lowest BCUT2D eigenvalue weighted by molar-refractivity contribution is 0.176. The van der Waals surface area contributed by atoms with Crippen molar-refractivity contribution in [1.29, 1.82) is 0 Å². The van der Waals surface area contributed by atoms with E-state index in [0.29, 0.717) is 11.8 Å². The van der Waals surface area contributed by atoms with Crippen molar-refractivity contribution in [3.05, 3.63) is 0 Å². The van der Waals surface area contributed by atoms with Gasteiger partial charge in [-0.2, -0.15) is 0 Å². The van der Waals surface area contributed by atoms with Gasteiger partial charge in [-0.3, -0.25) is 0 Å². The minimum Gasteiger partial charge on any atom is -0.391 e. The molecule has 0 aromatic carbocycles. The first kappa shape index (κ1) is 9.52. The highest BCUT2D eigenvalue weighted by Crippen LogP contribution is 2.16. The molecule has 0 aromatic rings. The number of aliphatic imine (C=N–C) groups is 1. The van der Waals surface area contributed by atoms with Gasteiger partial charge in [-0.1, -0.05) is 20.8 Å². The third kappa shape index (κ3) is 2.48. The molecule has 1 aliphatic rings. The summed E-state index contributed by atoms with van der Waals surface area (Å²) in [5.41, 5.74) is 2.81. The highest BCUT2D eigenvalue weighted by molar-refractivity contribution is 5.77. The molecule has 0 saturated heterocycles. The van der Waals surface area contributed by atoms with E-state index in [1.165, 1.54) is 0 Å². The van der Waals surface area contributed by atoms with Gasteiger partial charge in [0, 0.05) is 6.42 Å². The minimum absolute atomic E-state index is 0.124. The number of hydrogen-bond acceptors (Lipinski definition) is 3. The normalized spacial score (nSPS) is 25.4. The van der Waals surface area contributed by atoms with Crippen molar-refractivity contribution in [2.75, 3.05) is 0 Å². The number of hydroxylamine groups is 1. The van der Waals surface area contributed by atoms with Crippen molar-refractivity contribution in [1.82, 2.24) is 5.48 Å². The van der Waals surface area contributed by atoms with Crippen LogP contribution in [0.4, 0.5) is 0 Å². The van der Waals surface area contributed by atoms with Crippen LogP contribution in [0.1, 0.15) is 34.1 Å². The van der Waals surface area contributed by atoms with Gasteiger partial charge in [-0.05, 0) is 18.8 Å². The molecule has 1 aliphatic heterocycles. The second-order valence-corrected chi connectivity index (χ2v) is 3.84. The maximum absolute atomic E-state index is 5.19. The Bertz CT molecular complexity index is 177. The maximum Gasteiger partial charge on any atom is 0.211 e. The number of rotatable bonds is 3. The zero-order valence-corrected chi connectivity index (χ0v) is 8.29. The van der Waals surface area contributed by atoms with E-state index in [2.05, 4.69) is 31.2 Å². The minimum atomic E-state index is 0.124. The van der Waals surface area contributed by atoms with E-state index in [9.17, 15) is 0 Å². The Morgan fingerprint density at radius 2 is 2.17 bits per heavy atom. The van der Waals surface area contributed by atoms with Crippen LogP contribution in [-0.4, -0.2) is 12.1 Å². The van der Waals surface area contributed by atoms with E-state index in [-0.39, 0.29) is 6.17 Å². The van der Waals surface area contributed by atoms with E-state index in [0.717, 1.165) is 12.3 Å². The van der Waals surface area contributed by atoms with Crippen LogP contribution in [0.2, 0.25) is 0 Å². The summed E-state index contributed by atoms with van der Waals surface area (Å²) >= 11 is 0. The van der Waals surface area contributed by atoms with Crippen LogP contribution in [0, 0.1) is 11.8 Å². The van der Waals surface area contributed by atoms with Gasteiger partial charge >= 0.3 is 0 Å². The summed E-state index contributed by atoms with van der Waals surface area (Å²) in [6.45, 7) is 8.64. The van der Waals surface area contributed by atoms with Crippen LogP contribution in [0.3, 0.4) is 0 Å². The molecule has 0 amide bonds. The van der Waals surface area contributed by atoms with Gasteiger partial charge in [0.1, 0.15) is 6.17 Å². The molecular weight excluding hydrogens is 152 g/mol. The van der Waals surface area contributed by atoms with Crippen LogP contribution < -0.4 is 5.48 Å². The SMILES string of the molecule is CC1N=C(CC(C)C(C)C)ON1. The zero-order chi connectivity index (χ0) is 9.14. The van der Waals surface area contributed by atoms with Crippen molar-refractivity contribution in [2.24, 2.45) is 16.8 Å². The third-order valence-electron chi connectivity index (χ3n) is 2.32. The number of nitrogens with one attached hydrogen (secondary N) is 1. The summed E-state index contributed by atoms with van der Waals surface area (Å²) in [5, 5.41) is 0. The van der Waals surface area contributed by atoms with Crippen LogP contribution in [0.15, 0.2) is 4.99 Å². The molecule has 12 heavy (non-hydrogen) atoms. The predicted molar refractivity (Wildman–Crippen MR) is 49.7 cm³/mol. The zero-order valence-electron chi connectivity index (χ0n) is 8.29. The number of nitrogens with zero attached hydrogens (tertiary/aromatic N) is 1. The van der Waals surface area contributed by atoms with Crippen LogP contribution in [0.25, 0.3) is 0 Å². The van der Waals surface area contributed by atoms with Crippen molar-refractivity contribution in [3.63, 3.8) is 0 Å². The molecule has 1 N–H and O–H groups in total. The molecule has 2 unspecified atom stereocenters. The number of hydrogen-bond donors (Lipinski definition) is 1. The third-order valence-corrected chi connectivity index (χ3v) is 2.32. The highest BCUT2D eigenvalue weighted by Gasteiger charge is 2.17. The molecule has 2 atom stereocenters. The molecule has 70 valence electrons. The molecule has 3 nitrogen and oxygen atoms in total. The standard InChI is InChI=1S/C9H18N2O/c1-6(2)7(3)5-9-10-8(4)11-12-9/h6-8,11H,5H2,1-4H3. The van der Waals surface area contributed by atoms with Crippen molar-refractivity contribution >= 4 is 5.90 Å². The molecule has 0 radical (unpaired) electrons. The topological polar surface area (TPSA) is 33.6 Å². The van der Waals surface area contributed by atoms with E-state index < -0.39 is 0 Å². The Labute approximate surface area is 74.2 Å². The molecule has 0 saturated carbocycles. The first-order chi connectivity index (χ1) is 5.59. The van der Waals surface area contributed by atoms with Crippen LogP contribution in [-0.2, 0) is 4.84 Å². The Morgan fingerprint density at radius 3 is 2.58 bits per heavy atom. The Morgan fingerprint density at radius 1 is 1.50 bits per heavy atom. The second-order valence-electron chi connectivity index (χ2n) is 3.84. The molecule has 0 fully saturated rings. The maximum atomic E-state index is 5.19. The summed E-state index contributed by atoms with van der Waals surface area (Å²) in [5.74, 6) is 2.17. The van der Waals surface area contributed by atoms with Gasteiger partial charge in [0.15, 0.2) is 0 Å². The molecule has 0 aliphatic carbocycles. The smallest absolute Gasteiger partial charge is 0.211 e. The molecule has 0 bridgehead atoms. The first-order valence-corrected chi connectivity index (χ1v) is 4.58. The summed E-state index contributed by atoms with van der Waals surface area (Å²) < 4.78 is 0. The summed E-state index contributed by atoms with van der Waals surface area (Å²) in [6, 6.07) is 0. The van der Waals surface area contributed by atoms with E-state index in [1.807, 2.05) is 6.92 Å². The second kappa shape index (κ2) is 3.90. The summed E-state index contributed by atoms with van der Waals surface area (Å²) in [7, 11) is 0. The molecule has 0 aromatic heterocycles. The fourth-order valence-electron chi connectivity index (χ4n) is 1.03. The van der Waals surface area contributed by atoms with E-state index in [1.54, 1.807) is 0 Å². The average molecular weight is 170 g/mol. The van der Waals surface area contributed by atoms with Crippen molar-refractivity contribution in [2.45, 2.75) is 40.3 Å². The van der Waals surface area contributed by atoms with Gasteiger partial charge in [-0.15, -0.1) is 5.48 Å². The van der Waals surface area contributed by atoms with E-state index in [4.69, 9.17) is 4.84 Å². The Hall–Kier alpha value is -0.570. The Kier molecular flexibility index (Phi) is 3.09. The molecule has 0 spiro atoms. The summed E-state index contributed by atoms with van der Waals surface area (Å²) in [4.78, 5) is 9.48. The van der Waals surface area contributed by atoms with Gasteiger partial charge < -0.3 is 4.84 Å². The lowest BCUT2D eigenvalue weighted by Crippen LogP contribution is -2.18. The quantitative estimate of drug-likeness (QED) is 0.702. The average Bonchev–Trinajstić information content (AvgIpc) is 2.35. The molecular formula is C9H18N2O. The highest BCUT2D eigenvalue weighted by atomic mass is 16.7. The van der Waals surface area contributed by atoms with Gasteiger partial charge in [0.05, 0.1) is 0 Å². The lowest BCUT2D eigenvalue weighted by Gasteiger charge is -2.13. The van der Waals surface area contributed by atoms with Gasteiger partial charge in [-0.25, -0.2) is 4.99 Å².